The number of esters is 1. The zero-order valence-corrected chi connectivity index (χ0v) is 17.4. The van der Waals surface area contributed by atoms with Crippen LogP contribution in [0.3, 0.4) is 0 Å². The fourth-order valence-electron chi connectivity index (χ4n) is 2.93. The van der Waals surface area contributed by atoms with Crippen molar-refractivity contribution in [2.24, 2.45) is 10.2 Å². The number of carbonyl (C=O) groups excluding carboxylic acids is 1. The number of rotatable bonds is 5. The summed E-state index contributed by atoms with van der Waals surface area (Å²) < 4.78 is 30.1. The van der Waals surface area contributed by atoms with Crippen LogP contribution in [0, 0.1) is 0 Å². The van der Waals surface area contributed by atoms with Crippen molar-refractivity contribution in [3.8, 4) is 5.75 Å². The van der Waals surface area contributed by atoms with Crippen molar-refractivity contribution in [1.29, 1.82) is 0 Å². The molecule has 0 fully saturated rings. The van der Waals surface area contributed by atoms with E-state index in [0.29, 0.717) is 22.2 Å². The molecule has 0 atom stereocenters. The van der Waals surface area contributed by atoms with E-state index in [4.69, 9.17) is 15.4 Å². The Morgan fingerprint density at radius 2 is 1.55 bits per heavy atom. The van der Waals surface area contributed by atoms with E-state index in [9.17, 15) is 13.2 Å². The minimum atomic E-state index is -4.12. The number of hydrogen-bond donors (Lipinski definition) is 0. The van der Waals surface area contributed by atoms with Crippen LogP contribution in [0.4, 0.5) is 11.5 Å². The molecule has 0 aliphatic rings. The van der Waals surface area contributed by atoms with E-state index in [1.54, 1.807) is 79.0 Å². The summed E-state index contributed by atoms with van der Waals surface area (Å²) in [6.07, 6.45) is 1.54. The van der Waals surface area contributed by atoms with Crippen molar-refractivity contribution in [3.63, 3.8) is 0 Å². The number of nitrogens with zero attached hydrogens (tertiary/aromatic N) is 3. The third-order valence-electron chi connectivity index (χ3n) is 4.31. The summed E-state index contributed by atoms with van der Waals surface area (Å²) in [7, 11) is 1.54. The van der Waals surface area contributed by atoms with E-state index in [-0.39, 0.29) is 16.3 Å². The molecule has 4 aromatic rings. The molecule has 1 heterocycles. The molecule has 1 aromatic heterocycles. The molecule has 0 aliphatic carbocycles. The summed E-state index contributed by atoms with van der Waals surface area (Å²) in [5.41, 5.74) is 0.348. The maximum Gasteiger partial charge on any atom is 0.343 e. The fourth-order valence-corrected chi connectivity index (χ4v) is 4.00. The number of aromatic nitrogens is 1. The number of carbonyl (C=O) groups is 1. The fraction of sp³-hybridized carbons (Fsp3) is 0. The SMILES string of the molecule is O=C(Oc1c(N=Nc2ccccn2)cc(S(=O)(=O)Cl)c2ccccc12)c1ccccc1. The molecule has 0 N–H and O–H groups in total. The van der Waals surface area contributed by atoms with E-state index < -0.39 is 15.0 Å². The number of fused-ring (bicyclic) bond motifs is 1. The van der Waals surface area contributed by atoms with Crippen LogP contribution in [-0.4, -0.2) is 19.4 Å². The molecule has 0 saturated carbocycles. The number of halogens is 1. The lowest BCUT2D eigenvalue weighted by Crippen LogP contribution is -2.09. The maximum absolute atomic E-state index is 12.7. The summed E-state index contributed by atoms with van der Waals surface area (Å²) in [6.45, 7) is 0. The van der Waals surface area contributed by atoms with Gasteiger partial charge < -0.3 is 4.74 Å². The smallest absolute Gasteiger partial charge is 0.343 e. The lowest BCUT2D eigenvalue weighted by molar-refractivity contribution is 0.0737. The first-order valence-electron chi connectivity index (χ1n) is 9.04. The highest BCUT2D eigenvalue weighted by Crippen LogP contribution is 2.41. The Balaban J connectivity index is 1.91. The van der Waals surface area contributed by atoms with Gasteiger partial charge in [0.25, 0.3) is 9.05 Å². The van der Waals surface area contributed by atoms with Crippen molar-refractivity contribution in [1.82, 2.24) is 4.98 Å². The predicted octanol–water partition coefficient (Wildman–Crippen LogP) is 5.80. The van der Waals surface area contributed by atoms with Crippen LogP contribution in [0.2, 0.25) is 0 Å². The normalized spacial score (nSPS) is 11.6. The van der Waals surface area contributed by atoms with Crippen molar-refractivity contribution in [2.45, 2.75) is 4.90 Å². The Kier molecular flexibility index (Phi) is 5.75. The van der Waals surface area contributed by atoms with Crippen LogP contribution in [0.25, 0.3) is 10.8 Å². The van der Waals surface area contributed by atoms with Crippen molar-refractivity contribution in [3.05, 3.63) is 90.6 Å². The Bertz CT molecular complexity index is 1390. The van der Waals surface area contributed by atoms with Gasteiger partial charge in [-0.1, -0.05) is 48.5 Å². The van der Waals surface area contributed by atoms with Gasteiger partial charge in [-0.05, 0) is 30.3 Å². The van der Waals surface area contributed by atoms with Gasteiger partial charge in [0, 0.05) is 27.7 Å². The van der Waals surface area contributed by atoms with Gasteiger partial charge in [0.1, 0.15) is 5.69 Å². The van der Waals surface area contributed by atoms with Crippen molar-refractivity contribution in [2.75, 3.05) is 0 Å². The van der Waals surface area contributed by atoms with Gasteiger partial charge in [0.05, 0.1) is 10.5 Å². The average Bonchev–Trinajstić information content (AvgIpc) is 2.79. The number of azo groups is 1. The standard InChI is InChI=1S/C22H14ClN3O4S/c23-31(28,29)19-14-18(25-26-20-12-6-7-13-24-20)21(17-11-5-4-10-16(17)19)30-22(27)15-8-2-1-3-9-15/h1-14H. The summed E-state index contributed by atoms with van der Waals surface area (Å²) >= 11 is 0. The van der Waals surface area contributed by atoms with Crippen LogP contribution in [0.15, 0.2) is 100 Å². The Morgan fingerprint density at radius 3 is 2.23 bits per heavy atom. The van der Waals surface area contributed by atoms with E-state index in [0.717, 1.165) is 0 Å². The number of ether oxygens (including phenoxy) is 1. The first-order chi connectivity index (χ1) is 14.9. The van der Waals surface area contributed by atoms with Crippen LogP contribution in [0.5, 0.6) is 5.75 Å². The lowest BCUT2D eigenvalue weighted by atomic mass is 10.1. The highest BCUT2D eigenvalue weighted by atomic mass is 35.7. The second-order valence-corrected chi connectivity index (χ2v) is 8.88. The maximum atomic E-state index is 12.7. The van der Waals surface area contributed by atoms with Gasteiger partial charge in [-0.3, -0.25) is 0 Å². The topological polar surface area (TPSA) is 98.0 Å². The molecule has 4 rings (SSSR count). The van der Waals surface area contributed by atoms with Crippen molar-refractivity contribution < 1.29 is 17.9 Å². The molecule has 0 unspecified atom stereocenters. The Morgan fingerprint density at radius 1 is 0.871 bits per heavy atom. The molecule has 0 aliphatic heterocycles. The second-order valence-electron chi connectivity index (χ2n) is 6.35. The molecule has 3 aromatic carbocycles. The zero-order chi connectivity index (χ0) is 21.8. The average molecular weight is 452 g/mol. The molecule has 0 saturated heterocycles. The second kappa shape index (κ2) is 8.63. The summed E-state index contributed by atoms with van der Waals surface area (Å²) in [6, 6.07) is 21.3. The van der Waals surface area contributed by atoms with Crippen LogP contribution >= 0.6 is 10.7 Å². The highest BCUT2D eigenvalue weighted by Gasteiger charge is 2.22. The third kappa shape index (κ3) is 4.60. The molecule has 154 valence electrons. The summed E-state index contributed by atoms with van der Waals surface area (Å²) in [5.74, 6) is -0.263. The monoisotopic (exact) mass is 451 g/mol. The van der Waals surface area contributed by atoms with Gasteiger partial charge >= 0.3 is 5.97 Å². The van der Waals surface area contributed by atoms with Gasteiger partial charge in [0.15, 0.2) is 11.6 Å². The molecule has 7 nitrogen and oxygen atoms in total. The van der Waals surface area contributed by atoms with Crippen LogP contribution in [0.1, 0.15) is 10.4 Å². The van der Waals surface area contributed by atoms with Crippen LogP contribution < -0.4 is 4.74 Å². The third-order valence-corrected chi connectivity index (χ3v) is 5.68. The molecular weight excluding hydrogens is 438 g/mol. The van der Waals surface area contributed by atoms with E-state index in [1.165, 1.54) is 6.07 Å². The molecular formula is C22H14ClN3O4S. The van der Waals surface area contributed by atoms with E-state index in [1.807, 2.05) is 0 Å². The van der Waals surface area contributed by atoms with Crippen LogP contribution in [-0.2, 0) is 9.05 Å². The lowest BCUT2D eigenvalue weighted by Gasteiger charge is -2.13. The number of pyridine rings is 1. The van der Waals surface area contributed by atoms with Crippen molar-refractivity contribution >= 4 is 48.0 Å². The Hall–Kier alpha value is -3.62. The number of hydrogen-bond acceptors (Lipinski definition) is 7. The van der Waals surface area contributed by atoms with Gasteiger partial charge in [0.2, 0.25) is 0 Å². The minimum absolute atomic E-state index is 0.0212. The molecule has 31 heavy (non-hydrogen) atoms. The molecule has 0 amide bonds. The van der Waals surface area contributed by atoms with E-state index >= 15 is 0 Å². The largest absolute Gasteiger partial charge is 0.420 e. The molecule has 0 bridgehead atoms. The summed E-state index contributed by atoms with van der Waals surface area (Å²) in [4.78, 5) is 16.6. The Labute approximate surface area is 182 Å². The van der Waals surface area contributed by atoms with Gasteiger partial charge in [-0.25, -0.2) is 18.2 Å². The minimum Gasteiger partial charge on any atom is -0.420 e. The number of benzene rings is 3. The van der Waals surface area contributed by atoms with Gasteiger partial charge in [-0.2, -0.15) is 0 Å². The first kappa shape index (κ1) is 20.6. The quantitative estimate of drug-likeness (QED) is 0.165. The zero-order valence-electron chi connectivity index (χ0n) is 15.8. The molecule has 0 spiro atoms. The first-order valence-corrected chi connectivity index (χ1v) is 11.3. The van der Waals surface area contributed by atoms with Gasteiger partial charge in [-0.15, -0.1) is 10.2 Å². The summed E-state index contributed by atoms with van der Waals surface area (Å²) in [5, 5.41) is 8.79. The molecule has 9 heteroatoms. The predicted molar refractivity (Wildman–Crippen MR) is 117 cm³/mol. The van der Waals surface area contributed by atoms with E-state index in [2.05, 4.69) is 15.2 Å². The molecule has 0 radical (unpaired) electrons. The highest BCUT2D eigenvalue weighted by molar-refractivity contribution is 8.14.